The molecule has 0 saturated heterocycles. The lowest BCUT2D eigenvalue weighted by Gasteiger charge is -2.22. The molecule has 0 aromatic carbocycles. The van der Waals surface area contributed by atoms with Crippen LogP contribution < -0.4 is 5.11 Å². The first-order chi connectivity index (χ1) is 7.65. The Morgan fingerprint density at radius 1 is 1.38 bits per heavy atom. The molecule has 0 aromatic heterocycles. The molecule has 0 aromatic rings. The highest BCUT2D eigenvalue weighted by Gasteiger charge is 2.16. The van der Waals surface area contributed by atoms with Crippen LogP contribution >= 0.6 is 0 Å². The van der Waals surface area contributed by atoms with E-state index in [-0.39, 0.29) is 0 Å². The van der Waals surface area contributed by atoms with E-state index < -0.39 is 11.9 Å². The maximum atomic E-state index is 11.0. The van der Waals surface area contributed by atoms with Gasteiger partial charge in [-0.15, -0.1) is 0 Å². The van der Waals surface area contributed by atoms with E-state index in [1.165, 1.54) is 19.3 Å². The van der Waals surface area contributed by atoms with Gasteiger partial charge in [0.15, 0.2) is 0 Å². The van der Waals surface area contributed by atoms with Gasteiger partial charge >= 0.3 is 0 Å². The van der Waals surface area contributed by atoms with Crippen LogP contribution in [0.15, 0.2) is 4.99 Å². The quantitative estimate of drug-likeness (QED) is 0.670. The third-order valence-electron chi connectivity index (χ3n) is 3.33. The van der Waals surface area contributed by atoms with E-state index in [1.807, 2.05) is 13.8 Å². The molecular weight excluding hydrogens is 202 g/mol. The molecule has 0 spiro atoms. The zero-order valence-electron chi connectivity index (χ0n) is 10.4. The van der Waals surface area contributed by atoms with Crippen LogP contribution in [-0.2, 0) is 4.79 Å². The molecule has 16 heavy (non-hydrogen) atoms. The smallest absolute Gasteiger partial charge is 0.0501 e. The lowest BCUT2D eigenvalue weighted by molar-refractivity contribution is -0.309. The fraction of sp³-hybridized carbons (Fsp3) is 0.846. The zero-order valence-corrected chi connectivity index (χ0v) is 10.4. The van der Waals surface area contributed by atoms with Gasteiger partial charge in [-0.3, -0.25) is 4.99 Å². The van der Waals surface area contributed by atoms with Crippen LogP contribution in [-0.4, -0.2) is 17.7 Å². The first-order valence-corrected chi connectivity index (χ1v) is 6.40. The Labute approximate surface area is 98.0 Å². The molecule has 1 aliphatic rings. The average molecular weight is 224 g/mol. The van der Waals surface area contributed by atoms with Gasteiger partial charge in [0, 0.05) is 17.7 Å². The summed E-state index contributed by atoms with van der Waals surface area (Å²) in [6.07, 6.45) is 7.48. The molecule has 0 aliphatic heterocycles. The van der Waals surface area contributed by atoms with Crippen LogP contribution in [0.2, 0.25) is 0 Å². The Bertz CT molecular complexity index is 255. The van der Waals surface area contributed by atoms with Crippen molar-refractivity contribution in [1.82, 2.24) is 0 Å². The predicted octanol–water partition coefficient (Wildman–Crippen LogP) is 1.95. The Morgan fingerprint density at radius 3 is 2.50 bits per heavy atom. The second-order valence-electron chi connectivity index (χ2n) is 4.72. The fourth-order valence-electron chi connectivity index (χ4n) is 2.37. The number of hydrogen-bond donors (Lipinski definition) is 0. The topological polar surface area (TPSA) is 52.5 Å². The van der Waals surface area contributed by atoms with E-state index in [4.69, 9.17) is 0 Å². The molecule has 1 rings (SSSR count). The van der Waals surface area contributed by atoms with E-state index in [0.29, 0.717) is 12.5 Å². The fourth-order valence-corrected chi connectivity index (χ4v) is 2.37. The maximum Gasteiger partial charge on any atom is 0.0501 e. The summed E-state index contributed by atoms with van der Waals surface area (Å²) in [6, 6.07) is 0.354. The molecule has 1 saturated carbocycles. The van der Waals surface area contributed by atoms with E-state index in [0.717, 1.165) is 25.0 Å². The van der Waals surface area contributed by atoms with Crippen molar-refractivity contribution in [2.24, 2.45) is 10.9 Å². The number of carboxylic acid groups (broad SMARTS) is 1. The Hall–Kier alpha value is -0.860. The van der Waals surface area contributed by atoms with Crippen molar-refractivity contribution < 1.29 is 9.90 Å². The van der Waals surface area contributed by atoms with Gasteiger partial charge < -0.3 is 9.90 Å². The van der Waals surface area contributed by atoms with Crippen molar-refractivity contribution in [2.75, 3.05) is 0 Å². The highest BCUT2D eigenvalue weighted by atomic mass is 16.4. The second kappa shape index (κ2) is 6.66. The Morgan fingerprint density at radius 2 is 2.00 bits per heavy atom. The van der Waals surface area contributed by atoms with E-state index in [1.54, 1.807) is 0 Å². The summed E-state index contributed by atoms with van der Waals surface area (Å²) in [5, 5.41) is 11.0. The second-order valence-corrected chi connectivity index (χ2v) is 4.72. The molecular formula is C13H22NO2-. The van der Waals surface area contributed by atoms with Crippen LogP contribution in [0.3, 0.4) is 0 Å². The highest BCUT2D eigenvalue weighted by molar-refractivity contribution is 5.99. The van der Waals surface area contributed by atoms with Crippen molar-refractivity contribution in [2.45, 2.75) is 64.8 Å². The van der Waals surface area contributed by atoms with Gasteiger partial charge in [-0.25, -0.2) is 0 Å². The third kappa shape index (κ3) is 3.95. The normalized spacial score (nSPS) is 20.8. The van der Waals surface area contributed by atoms with Gasteiger partial charge in [-0.2, -0.15) is 0 Å². The minimum absolute atomic E-state index is 0.354. The maximum absolute atomic E-state index is 11.0. The molecule has 1 fully saturated rings. The monoisotopic (exact) mass is 224 g/mol. The summed E-state index contributed by atoms with van der Waals surface area (Å²) in [5.41, 5.74) is 0.758. The number of rotatable bonds is 5. The van der Waals surface area contributed by atoms with Crippen molar-refractivity contribution in [3.63, 3.8) is 0 Å². The molecule has 92 valence electrons. The third-order valence-corrected chi connectivity index (χ3v) is 3.33. The van der Waals surface area contributed by atoms with E-state index >= 15 is 0 Å². The number of aliphatic carboxylic acids is 1. The lowest BCUT2D eigenvalue weighted by atomic mass is 9.94. The van der Waals surface area contributed by atoms with Gasteiger partial charge in [0.25, 0.3) is 0 Å². The van der Waals surface area contributed by atoms with Crippen LogP contribution in [0.25, 0.3) is 0 Å². The summed E-state index contributed by atoms with van der Waals surface area (Å²) in [4.78, 5) is 15.6. The van der Waals surface area contributed by atoms with Crippen molar-refractivity contribution >= 4 is 11.7 Å². The highest BCUT2D eigenvalue weighted by Crippen LogP contribution is 2.21. The Kier molecular flexibility index (Phi) is 5.50. The summed E-state index contributed by atoms with van der Waals surface area (Å²) < 4.78 is 0. The first kappa shape index (κ1) is 13.2. The number of aliphatic imine (C=N–C) groups is 1. The zero-order chi connectivity index (χ0) is 12.0. The minimum atomic E-state index is -0.973. The van der Waals surface area contributed by atoms with E-state index in [2.05, 4.69) is 4.99 Å². The number of carbonyl (C=O) groups excluding carboxylic acids is 1. The minimum Gasteiger partial charge on any atom is -0.549 e. The van der Waals surface area contributed by atoms with Gasteiger partial charge in [0.05, 0.1) is 5.97 Å². The number of hydrogen-bond acceptors (Lipinski definition) is 3. The number of carboxylic acids is 1. The molecule has 0 radical (unpaired) electrons. The molecule has 0 N–H and O–H groups in total. The van der Waals surface area contributed by atoms with Crippen molar-refractivity contribution in [3.05, 3.63) is 0 Å². The standard InChI is InChI=1S/C13H23NO2/c1-3-7-12(13(15)16)10(2)14-11-8-5-4-6-9-11/h11-12H,3-9H2,1-2H3,(H,15,16)/p-1. The summed E-state index contributed by atoms with van der Waals surface area (Å²) >= 11 is 0. The largest absolute Gasteiger partial charge is 0.549 e. The Balaban J connectivity index is 2.60. The number of nitrogens with zero attached hydrogens (tertiary/aromatic N) is 1. The van der Waals surface area contributed by atoms with Crippen LogP contribution in [0.1, 0.15) is 58.8 Å². The van der Waals surface area contributed by atoms with Gasteiger partial charge in [-0.05, 0) is 26.2 Å². The van der Waals surface area contributed by atoms with Gasteiger partial charge in [0.2, 0.25) is 0 Å². The SMILES string of the molecule is CCCC(C(=O)[O-])C(C)=NC1CCCCC1. The summed E-state index contributed by atoms with van der Waals surface area (Å²) in [5.74, 6) is -1.45. The molecule has 3 heteroatoms. The van der Waals surface area contributed by atoms with Crippen molar-refractivity contribution in [3.8, 4) is 0 Å². The van der Waals surface area contributed by atoms with Gasteiger partial charge in [0.1, 0.15) is 0 Å². The molecule has 0 heterocycles. The number of carbonyl (C=O) groups is 1. The lowest BCUT2D eigenvalue weighted by Crippen LogP contribution is -2.36. The van der Waals surface area contributed by atoms with E-state index in [9.17, 15) is 9.90 Å². The summed E-state index contributed by atoms with van der Waals surface area (Å²) in [6.45, 7) is 3.83. The first-order valence-electron chi connectivity index (χ1n) is 6.40. The van der Waals surface area contributed by atoms with Gasteiger partial charge in [-0.1, -0.05) is 32.6 Å². The molecule has 1 atom stereocenters. The summed E-state index contributed by atoms with van der Waals surface area (Å²) in [7, 11) is 0. The van der Waals surface area contributed by atoms with Crippen LogP contribution in [0, 0.1) is 5.92 Å². The van der Waals surface area contributed by atoms with Crippen LogP contribution in [0.5, 0.6) is 0 Å². The molecule has 0 amide bonds. The average Bonchev–Trinajstić information content (AvgIpc) is 2.26. The molecule has 0 bridgehead atoms. The van der Waals surface area contributed by atoms with Crippen LogP contribution in [0.4, 0.5) is 0 Å². The molecule has 3 nitrogen and oxygen atoms in total. The molecule has 1 aliphatic carbocycles. The predicted molar refractivity (Wildman–Crippen MR) is 63.4 cm³/mol. The molecule has 1 unspecified atom stereocenters. The van der Waals surface area contributed by atoms with Crippen molar-refractivity contribution in [1.29, 1.82) is 0 Å².